The number of carbonyl (C=O) groups is 1. The lowest BCUT2D eigenvalue weighted by Crippen LogP contribution is -2.47. The second-order valence-corrected chi connectivity index (χ2v) is 6.05. The van der Waals surface area contributed by atoms with Crippen molar-refractivity contribution in [2.45, 2.75) is 50.0 Å². The highest BCUT2D eigenvalue weighted by molar-refractivity contribution is 5.81. The maximum Gasteiger partial charge on any atom is 0.328 e. The van der Waals surface area contributed by atoms with Crippen molar-refractivity contribution < 1.29 is 9.90 Å². The van der Waals surface area contributed by atoms with E-state index < -0.39 is 11.5 Å². The molecule has 0 heterocycles. The molecule has 1 unspecified atom stereocenters. The van der Waals surface area contributed by atoms with Crippen molar-refractivity contribution in [2.75, 3.05) is 0 Å². The number of rotatable bonds is 4. The molecule has 2 fully saturated rings. The molecule has 0 bridgehead atoms. The predicted molar refractivity (Wildman–Crippen MR) is 73.9 cm³/mol. The van der Waals surface area contributed by atoms with E-state index in [4.69, 9.17) is 5.73 Å². The number of hydrogen-bond donors (Lipinski definition) is 2. The SMILES string of the molecule is NC(C(=O)O)(c1ccc(C2CCCC2)cc1)C1CC1. The van der Waals surface area contributed by atoms with Crippen molar-refractivity contribution in [1.29, 1.82) is 0 Å². The van der Waals surface area contributed by atoms with E-state index in [2.05, 4.69) is 12.1 Å². The molecule has 0 aromatic heterocycles. The Labute approximate surface area is 113 Å². The number of aliphatic carboxylic acids is 1. The normalized spacial score (nSPS) is 23.2. The minimum Gasteiger partial charge on any atom is -0.480 e. The van der Waals surface area contributed by atoms with Crippen LogP contribution in [-0.4, -0.2) is 11.1 Å². The van der Waals surface area contributed by atoms with Gasteiger partial charge in [0.1, 0.15) is 5.54 Å². The van der Waals surface area contributed by atoms with Gasteiger partial charge in [-0.15, -0.1) is 0 Å². The molecule has 0 spiro atoms. The lowest BCUT2D eigenvalue weighted by molar-refractivity contribution is -0.144. The number of nitrogens with two attached hydrogens (primary N) is 1. The number of hydrogen-bond acceptors (Lipinski definition) is 2. The van der Waals surface area contributed by atoms with Crippen LogP contribution in [0.3, 0.4) is 0 Å². The second-order valence-electron chi connectivity index (χ2n) is 6.05. The zero-order valence-corrected chi connectivity index (χ0v) is 11.1. The molecular formula is C16H21NO2. The Hall–Kier alpha value is -1.35. The van der Waals surface area contributed by atoms with Crippen LogP contribution < -0.4 is 5.73 Å². The standard InChI is InChI=1S/C16H21NO2/c17-16(15(18)19,14-9-10-14)13-7-5-12(6-8-13)11-3-1-2-4-11/h5-8,11,14H,1-4,9-10,17H2,(H,18,19). The first-order valence-electron chi connectivity index (χ1n) is 7.25. The van der Waals surface area contributed by atoms with Crippen molar-refractivity contribution >= 4 is 5.97 Å². The van der Waals surface area contributed by atoms with Gasteiger partial charge in [0.2, 0.25) is 0 Å². The summed E-state index contributed by atoms with van der Waals surface area (Å²) in [5.41, 5.74) is 7.08. The fourth-order valence-corrected chi connectivity index (χ4v) is 3.36. The molecule has 3 rings (SSSR count). The molecule has 2 aliphatic carbocycles. The Kier molecular flexibility index (Phi) is 3.09. The van der Waals surface area contributed by atoms with Gasteiger partial charge in [-0.25, -0.2) is 4.79 Å². The minimum absolute atomic E-state index is 0.0994. The van der Waals surface area contributed by atoms with E-state index in [-0.39, 0.29) is 5.92 Å². The number of carboxylic acid groups (broad SMARTS) is 1. The molecule has 2 saturated carbocycles. The number of benzene rings is 1. The molecular weight excluding hydrogens is 238 g/mol. The summed E-state index contributed by atoms with van der Waals surface area (Å²) in [5, 5.41) is 9.45. The molecule has 102 valence electrons. The summed E-state index contributed by atoms with van der Waals surface area (Å²) in [6, 6.07) is 8.02. The average molecular weight is 259 g/mol. The predicted octanol–water partition coefficient (Wildman–Crippen LogP) is 2.99. The molecule has 1 atom stereocenters. The molecule has 0 aliphatic heterocycles. The van der Waals surface area contributed by atoms with E-state index in [9.17, 15) is 9.90 Å². The maximum absolute atomic E-state index is 11.5. The highest BCUT2D eigenvalue weighted by Crippen LogP contribution is 2.44. The van der Waals surface area contributed by atoms with Crippen LogP contribution in [-0.2, 0) is 10.3 Å². The van der Waals surface area contributed by atoms with Crippen LogP contribution in [0.25, 0.3) is 0 Å². The van der Waals surface area contributed by atoms with E-state index in [0.717, 1.165) is 18.4 Å². The van der Waals surface area contributed by atoms with Crippen molar-refractivity contribution in [3.63, 3.8) is 0 Å². The maximum atomic E-state index is 11.5. The first kappa shape index (κ1) is 12.7. The van der Waals surface area contributed by atoms with E-state index >= 15 is 0 Å². The Morgan fingerprint density at radius 1 is 1.11 bits per heavy atom. The first-order chi connectivity index (χ1) is 9.12. The first-order valence-corrected chi connectivity index (χ1v) is 7.25. The van der Waals surface area contributed by atoms with E-state index in [1.165, 1.54) is 31.2 Å². The monoisotopic (exact) mass is 259 g/mol. The topological polar surface area (TPSA) is 63.3 Å². The van der Waals surface area contributed by atoms with Crippen molar-refractivity contribution in [1.82, 2.24) is 0 Å². The molecule has 3 heteroatoms. The van der Waals surface area contributed by atoms with Gasteiger partial charge in [0, 0.05) is 0 Å². The van der Waals surface area contributed by atoms with Gasteiger partial charge in [-0.05, 0) is 48.6 Å². The van der Waals surface area contributed by atoms with Gasteiger partial charge in [0.15, 0.2) is 0 Å². The van der Waals surface area contributed by atoms with Crippen LogP contribution in [0.2, 0.25) is 0 Å². The van der Waals surface area contributed by atoms with Crippen LogP contribution in [0.4, 0.5) is 0 Å². The van der Waals surface area contributed by atoms with E-state index in [1.54, 1.807) is 0 Å². The molecule has 1 aromatic carbocycles. The second kappa shape index (κ2) is 4.64. The minimum atomic E-state index is -1.19. The van der Waals surface area contributed by atoms with Gasteiger partial charge in [-0.2, -0.15) is 0 Å². The lowest BCUT2D eigenvalue weighted by Gasteiger charge is -2.25. The molecule has 1 aromatic rings. The van der Waals surface area contributed by atoms with Gasteiger partial charge in [0.25, 0.3) is 0 Å². The fourth-order valence-electron chi connectivity index (χ4n) is 3.36. The highest BCUT2D eigenvalue weighted by atomic mass is 16.4. The largest absolute Gasteiger partial charge is 0.480 e. The highest BCUT2D eigenvalue weighted by Gasteiger charge is 2.49. The molecule has 0 radical (unpaired) electrons. The summed E-state index contributed by atoms with van der Waals surface area (Å²) < 4.78 is 0. The summed E-state index contributed by atoms with van der Waals surface area (Å²) in [4.78, 5) is 11.5. The van der Waals surface area contributed by atoms with Gasteiger partial charge in [0.05, 0.1) is 0 Å². The summed E-state index contributed by atoms with van der Waals surface area (Å²) in [6.07, 6.45) is 6.98. The Balaban J connectivity index is 1.86. The third kappa shape index (κ3) is 2.16. The van der Waals surface area contributed by atoms with Crippen molar-refractivity contribution in [3.05, 3.63) is 35.4 Å². The van der Waals surface area contributed by atoms with Crippen LogP contribution in [0, 0.1) is 5.92 Å². The Morgan fingerprint density at radius 2 is 1.68 bits per heavy atom. The summed E-state index contributed by atoms with van der Waals surface area (Å²) >= 11 is 0. The van der Waals surface area contributed by atoms with E-state index in [0.29, 0.717) is 5.92 Å². The van der Waals surface area contributed by atoms with Crippen molar-refractivity contribution in [2.24, 2.45) is 11.7 Å². The van der Waals surface area contributed by atoms with Crippen LogP contribution in [0.5, 0.6) is 0 Å². The molecule has 0 amide bonds. The van der Waals surface area contributed by atoms with Gasteiger partial charge >= 0.3 is 5.97 Å². The summed E-state index contributed by atoms with van der Waals surface area (Å²) in [5.74, 6) is -0.141. The molecule has 3 nitrogen and oxygen atoms in total. The fraction of sp³-hybridized carbons (Fsp3) is 0.562. The summed E-state index contributed by atoms with van der Waals surface area (Å²) in [7, 11) is 0. The van der Waals surface area contributed by atoms with Gasteiger partial charge in [-0.1, -0.05) is 37.1 Å². The lowest BCUT2D eigenvalue weighted by atomic mass is 9.84. The smallest absolute Gasteiger partial charge is 0.328 e. The third-order valence-electron chi connectivity index (χ3n) is 4.79. The molecule has 0 saturated heterocycles. The average Bonchev–Trinajstić information content (AvgIpc) is 3.13. The van der Waals surface area contributed by atoms with Gasteiger partial charge < -0.3 is 10.8 Å². The van der Waals surface area contributed by atoms with Gasteiger partial charge in [-0.3, -0.25) is 0 Å². The zero-order chi connectivity index (χ0) is 13.5. The quantitative estimate of drug-likeness (QED) is 0.873. The number of carboxylic acids is 1. The van der Waals surface area contributed by atoms with Crippen molar-refractivity contribution in [3.8, 4) is 0 Å². The molecule has 19 heavy (non-hydrogen) atoms. The zero-order valence-electron chi connectivity index (χ0n) is 11.1. The molecule has 2 aliphatic rings. The van der Waals surface area contributed by atoms with Crippen LogP contribution >= 0.6 is 0 Å². The summed E-state index contributed by atoms with van der Waals surface area (Å²) in [6.45, 7) is 0. The molecule has 3 N–H and O–H groups in total. The van der Waals surface area contributed by atoms with E-state index in [1.807, 2.05) is 12.1 Å². The third-order valence-corrected chi connectivity index (χ3v) is 4.79. The van der Waals surface area contributed by atoms with Crippen LogP contribution in [0.1, 0.15) is 55.6 Å². The Morgan fingerprint density at radius 3 is 2.16 bits per heavy atom. The van der Waals surface area contributed by atoms with Crippen LogP contribution in [0.15, 0.2) is 24.3 Å². The Bertz CT molecular complexity index is 472.